The zero-order valence-corrected chi connectivity index (χ0v) is 15.4. The van der Waals surface area contributed by atoms with Crippen LogP contribution in [0.4, 0.5) is 0 Å². The van der Waals surface area contributed by atoms with Crippen LogP contribution in [0.2, 0.25) is 0 Å². The van der Waals surface area contributed by atoms with Crippen molar-refractivity contribution in [3.05, 3.63) is 62.4 Å². The fourth-order valence-corrected chi connectivity index (χ4v) is 3.84. The molecule has 0 aliphatic carbocycles. The summed E-state index contributed by atoms with van der Waals surface area (Å²) in [5, 5.41) is 5.40. The molecule has 7 heteroatoms. The molecule has 1 aromatic carbocycles. The van der Waals surface area contributed by atoms with Gasteiger partial charge in [0.05, 0.1) is 17.8 Å². The van der Waals surface area contributed by atoms with Gasteiger partial charge in [-0.1, -0.05) is 34.1 Å². The van der Waals surface area contributed by atoms with Gasteiger partial charge in [-0.05, 0) is 30.0 Å². The molecule has 2 aromatic heterocycles. The van der Waals surface area contributed by atoms with Crippen molar-refractivity contribution in [2.24, 2.45) is 0 Å². The molecule has 2 heterocycles. The lowest BCUT2D eigenvalue weighted by atomic mass is 10.1. The van der Waals surface area contributed by atoms with Crippen LogP contribution in [-0.4, -0.2) is 15.5 Å². The lowest BCUT2D eigenvalue weighted by Gasteiger charge is -2.16. The fraction of sp³-hybridized carbons (Fsp3) is 0.235. The highest BCUT2D eigenvalue weighted by molar-refractivity contribution is 9.10. The Kier molecular flexibility index (Phi) is 5.11. The van der Waals surface area contributed by atoms with Crippen LogP contribution in [0.3, 0.4) is 0 Å². The highest BCUT2D eigenvalue weighted by Gasteiger charge is 2.12. The molecule has 0 radical (unpaired) electrons. The van der Waals surface area contributed by atoms with Gasteiger partial charge in [-0.15, -0.1) is 11.3 Å². The number of amides is 1. The van der Waals surface area contributed by atoms with E-state index in [0.717, 1.165) is 14.9 Å². The van der Waals surface area contributed by atoms with E-state index in [9.17, 15) is 9.59 Å². The molecule has 0 spiro atoms. The van der Waals surface area contributed by atoms with Gasteiger partial charge < -0.3 is 5.32 Å². The van der Waals surface area contributed by atoms with Crippen LogP contribution in [0, 0.1) is 0 Å². The Hall–Kier alpha value is -1.99. The molecule has 1 N–H and O–H groups in total. The van der Waals surface area contributed by atoms with Crippen molar-refractivity contribution >= 4 is 43.4 Å². The average Bonchev–Trinajstić information content (AvgIpc) is 3.04. The van der Waals surface area contributed by atoms with Crippen LogP contribution in [0.15, 0.2) is 51.3 Å². The maximum atomic E-state index is 12.3. The molecule has 1 unspecified atom stereocenters. The van der Waals surface area contributed by atoms with Gasteiger partial charge in [-0.25, -0.2) is 4.98 Å². The largest absolute Gasteiger partial charge is 0.349 e. The molecule has 0 aliphatic rings. The van der Waals surface area contributed by atoms with Crippen molar-refractivity contribution in [1.82, 2.24) is 14.9 Å². The number of nitrogens with one attached hydrogen (secondary N) is 1. The summed E-state index contributed by atoms with van der Waals surface area (Å²) in [4.78, 5) is 29.4. The molecule has 0 aliphatic heterocycles. The molecular weight excluding hydrogens is 390 g/mol. The molecule has 0 bridgehead atoms. The zero-order chi connectivity index (χ0) is 17.1. The van der Waals surface area contributed by atoms with E-state index in [1.54, 1.807) is 6.07 Å². The first-order chi connectivity index (χ1) is 11.6. The molecule has 0 fully saturated rings. The topological polar surface area (TPSA) is 64.0 Å². The van der Waals surface area contributed by atoms with Crippen LogP contribution < -0.4 is 10.9 Å². The van der Waals surface area contributed by atoms with E-state index in [-0.39, 0.29) is 23.9 Å². The van der Waals surface area contributed by atoms with Gasteiger partial charge in [0.2, 0.25) is 5.91 Å². The van der Waals surface area contributed by atoms with Crippen molar-refractivity contribution in [2.75, 3.05) is 0 Å². The zero-order valence-electron chi connectivity index (χ0n) is 13.0. The monoisotopic (exact) mass is 405 g/mol. The molecule has 5 nitrogen and oxygen atoms in total. The normalized spacial score (nSPS) is 12.2. The SMILES string of the molecule is CC(NC(=O)CCn1cnc2sccc2c1=O)c1ccccc1Br. The molecule has 0 saturated carbocycles. The summed E-state index contributed by atoms with van der Waals surface area (Å²) < 4.78 is 2.44. The minimum Gasteiger partial charge on any atom is -0.349 e. The number of hydrogen-bond donors (Lipinski definition) is 1. The third kappa shape index (κ3) is 3.57. The Morgan fingerprint density at radius 1 is 1.38 bits per heavy atom. The quantitative estimate of drug-likeness (QED) is 0.706. The molecule has 3 aromatic rings. The fourth-order valence-electron chi connectivity index (χ4n) is 2.49. The molecule has 3 rings (SSSR count). The smallest absolute Gasteiger partial charge is 0.262 e. The number of halogens is 1. The average molecular weight is 406 g/mol. The summed E-state index contributed by atoms with van der Waals surface area (Å²) in [5.74, 6) is -0.101. The standard InChI is InChI=1S/C17H16BrN3O2S/c1-11(12-4-2-3-5-14(12)18)20-15(22)6-8-21-10-19-16-13(17(21)23)7-9-24-16/h2-5,7,9-11H,6,8H2,1H3,(H,20,22). The number of hydrogen-bond acceptors (Lipinski definition) is 4. The predicted molar refractivity (Wildman–Crippen MR) is 99.2 cm³/mol. The number of benzene rings is 1. The van der Waals surface area contributed by atoms with Crippen LogP contribution in [-0.2, 0) is 11.3 Å². The van der Waals surface area contributed by atoms with E-state index in [1.165, 1.54) is 22.2 Å². The van der Waals surface area contributed by atoms with Gasteiger partial charge in [-0.2, -0.15) is 0 Å². The minimum absolute atomic E-state index is 0.101. The predicted octanol–water partition coefficient (Wildman–Crippen LogP) is 3.49. The number of fused-ring (bicyclic) bond motifs is 1. The van der Waals surface area contributed by atoms with Gasteiger partial charge >= 0.3 is 0 Å². The first kappa shape index (κ1) is 16.9. The maximum Gasteiger partial charge on any atom is 0.262 e. The second-order valence-electron chi connectivity index (χ2n) is 5.44. The number of nitrogens with zero attached hydrogens (tertiary/aromatic N) is 2. The Morgan fingerprint density at radius 2 is 2.17 bits per heavy atom. The number of thiophene rings is 1. The van der Waals surface area contributed by atoms with Gasteiger partial charge in [0, 0.05) is 17.4 Å². The number of carbonyl (C=O) groups is 1. The van der Waals surface area contributed by atoms with Gasteiger partial charge in [-0.3, -0.25) is 14.2 Å². The summed E-state index contributed by atoms with van der Waals surface area (Å²) in [6, 6.07) is 9.43. The third-order valence-corrected chi connectivity index (χ3v) is 5.32. The van der Waals surface area contributed by atoms with E-state index >= 15 is 0 Å². The van der Waals surface area contributed by atoms with E-state index < -0.39 is 0 Å². The Bertz CT molecular complexity index is 935. The van der Waals surface area contributed by atoms with E-state index in [1.807, 2.05) is 36.6 Å². The Balaban J connectivity index is 1.64. The minimum atomic E-state index is -0.109. The first-order valence-corrected chi connectivity index (χ1v) is 9.20. The van der Waals surface area contributed by atoms with Crippen molar-refractivity contribution in [2.45, 2.75) is 25.9 Å². The highest BCUT2D eigenvalue weighted by atomic mass is 79.9. The molecule has 0 saturated heterocycles. The summed E-state index contributed by atoms with van der Waals surface area (Å²) in [6.45, 7) is 2.25. The van der Waals surface area contributed by atoms with Crippen molar-refractivity contribution < 1.29 is 4.79 Å². The van der Waals surface area contributed by atoms with Crippen molar-refractivity contribution in [3.63, 3.8) is 0 Å². The maximum absolute atomic E-state index is 12.3. The number of aromatic nitrogens is 2. The number of rotatable bonds is 5. The van der Waals surface area contributed by atoms with E-state index in [4.69, 9.17) is 0 Å². The van der Waals surface area contributed by atoms with Gasteiger partial charge in [0.25, 0.3) is 5.56 Å². The molecular formula is C17H16BrN3O2S. The summed E-state index contributed by atoms with van der Waals surface area (Å²) in [7, 11) is 0. The second-order valence-corrected chi connectivity index (χ2v) is 7.19. The Morgan fingerprint density at radius 3 is 2.96 bits per heavy atom. The van der Waals surface area contributed by atoms with Crippen LogP contribution in [0.25, 0.3) is 10.2 Å². The van der Waals surface area contributed by atoms with Gasteiger partial charge in [0.1, 0.15) is 4.83 Å². The lowest BCUT2D eigenvalue weighted by molar-refractivity contribution is -0.121. The summed E-state index contributed by atoms with van der Waals surface area (Å²) >= 11 is 4.92. The van der Waals surface area contributed by atoms with Crippen molar-refractivity contribution in [1.29, 1.82) is 0 Å². The first-order valence-electron chi connectivity index (χ1n) is 7.52. The molecule has 24 heavy (non-hydrogen) atoms. The molecule has 124 valence electrons. The number of aryl methyl sites for hydroxylation is 1. The van der Waals surface area contributed by atoms with Crippen LogP contribution in [0.5, 0.6) is 0 Å². The number of carbonyl (C=O) groups excluding carboxylic acids is 1. The van der Waals surface area contributed by atoms with Gasteiger partial charge in [0.15, 0.2) is 0 Å². The molecule has 1 atom stereocenters. The van der Waals surface area contributed by atoms with Crippen LogP contribution >= 0.6 is 27.3 Å². The van der Waals surface area contributed by atoms with E-state index in [2.05, 4.69) is 26.2 Å². The van der Waals surface area contributed by atoms with Crippen LogP contribution in [0.1, 0.15) is 24.9 Å². The lowest BCUT2D eigenvalue weighted by Crippen LogP contribution is -2.29. The van der Waals surface area contributed by atoms with Crippen molar-refractivity contribution in [3.8, 4) is 0 Å². The third-order valence-electron chi connectivity index (χ3n) is 3.78. The Labute approximate surface area is 151 Å². The molecule has 1 amide bonds. The van der Waals surface area contributed by atoms with E-state index in [0.29, 0.717) is 11.9 Å². The highest BCUT2D eigenvalue weighted by Crippen LogP contribution is 2.22. The summed E-state index contributed by atoms with van der Waals surface area (Å²) in [5.41, 5.74) is 0.914. The summed E-state index contributed by atoms with van der Waals surface area (Å²) in [6.07, 6.45) is 1.73. The second kappa shape index (κ2) is 7.27.